The Kier molecular flexibility index (Phi) is 3.75. The number of aliphatic carboxylic acids is 1. The van der Waals surface area contributed by atoms with Crippen molar-refractivity contribution in [1.82, 2.24) is 9.80 Å². The van der Waals surface area contributed by atoms with Crippen LogP contribution in [0.1, 0.15) is 13.3 Å². The fourth-order valence-electron chi connectivity index (χ4n) is 2.64. The molecule has 19 heavy (non-hydrogen) atoms. The van der Waals surface area contributed by atoms with E-state index >= 15 is 0 Å². The first-order valence-corrected chi connectivity index (χ1v) is 6.31. The number of carbonyl (C=O) groups excluding carboxylic acids is 1. The molecule has 0 aromatic rings. The monoisotopic (exact) mass is 269 g/mol. The minimum absolute atomic E-state index is 0.0473. The Bertz CT molecular complexity index is 421. The summed E-state index contributed by atoms with van der Waals surface area (Å²) in [5.41, 5.74) is -0.0882. The Morgan fingerprint density at radius 2 is 2.11 bits per heavy atom. The minimum Gasteiger partial charge on any atom is -0.477 e. The molecular weight excluding hydrogens is 250 g/mol. The number of carboxylic acids is 1. The van der Waals surface area contributed by atoms with E-state index < -0.39 is 12.1 Å². The predicted molar refractivity (Wildman–Crippen MR) is 67.8 cm³/mol. The normalized spacial score (nSPS) is 30.4. The van der Waals surface area contributed by atoms with E-state index in [9.17, 15) is 9.59 Å². The highest BCUT2D eigenvalue weighted by molar-refractivity contribution is 6.36. The molecule has 3 unspecified atom stereocenters. The summed E-state index contributed by atoms with van der Waals surface area (Å²) in [6, 6.07) is 0.324. The van der Waals surface area contributed by atoms with Crippen LogP contribution in [0.5, 0.6) is 0 Å². The van der Waals surface area contributed by atoms with Gasteiger partial charge >= 0.3 is 5.97 Å². The average Bonchev–Trinajstić information content (AvgIpc) is 2.94. The molecule has 0 aromatic carbocycles. The third-order valence-electron chi connectivity index (χ3n) is 3.74. The lowest BCUT2D eigenvalue weighted by atomic mass is 10.1. The van der Waals surface area contributed by atoms with Crippen molar-refractivity contribution in [2.24, 2.45) is 11.1 Å². The lowest BCUT2D eigenvalue weighted by molar-refractivity contribution is -0.141. The highest BCUT2D eigenvalue weighted by atomic mass is 16.6. The largest absolute Gasteiger partial charge is 0.477 e. The van der Waals surface area contributed by atoms with Crippen LogP contribution in [0, 0.1) is 5.92 Å². The average molecular weight is 269 g/mol. The Labute approximate surface area is 111 Å². The molecule has 0 aromatic heterocycles. The van der Waals surface area contributed by atoms with Crippen LogP contribution in [-0.2, 0) is 14.4 Å². The molecule has 7 heteroatoms. The molecular formula is C12H19N3O4. The lowest BCUT2D eigenvalue weighted by Gasteiger charge is -2.23. The van der Waals surface area contributed by atoms with E-state index in [-0.39, 0.29) is 18.0 Å². The van der Waals surface area contributed by atoms with Crippen LogP contribution >= 0.6 is 0 Å². The predicted octanol–water partition coefficient (Wildman–Crippen LogP) is -0.376. The third-order valence-corrected chi connectivity index (χ3v) is 3.74. The fraction of sp³-hybridized carbons (Fsp3) is 0.750. The number of likely N-dealkylation sites (N-methyl/N-ethyl adjacent to an activating group) is 1. The van der Waals surface area contributed by atoms with Gasteiger partial charge in [-0.25, -0.2) is 4.79 Å². The number of oxime groups is 1. The van der Waals surface area contributed by atoms with Crippen molar-refractivity contribution < 1.29 is 19.5 Å². The second kappa shape index (κ2) is 5.16. The van der Waals surface area contributed by atoms with Crippen molar-refractivity contribution in [2.45, 2.75) is 25.5 Å². The van der Waals surface area contributed by atoms with Gasteiger partial charge in [0.2, 0.25) is 6.10 Å². The molecule has 2 aliphatic rings. The Hall–Kier alpha value is -1.63. The summed E-state index contributed by atoms with van der Waals surface area (Å²) in [7, 11) is 3.99. The smallest absolute Gasteiger partial charge is 0.353 e. The SMILES string of the molecule is CC1CN(C(=O)C2CC(C(=O)O)=NO2)CC1N(C)C. The quantitative estimate of drug-likeness (QED) is 0.755. The minimum atomic E-state index is -1.13. The summed E-state index contributed by atoms with van der Waals surface area (Å²) < 4.78 is 0. The van der Waals surface area contributed by atoms with E-state index in [1.807, 2.05) is 14.1 Å². The summed E-state index contributed by atoms with van der Waals surface area (Å²) >= 11 is 0. The van der Waals surface area contributed by atoms with Gasteiger partial charge in [-0.3, -0.25) is 4.79 Å². The van der Waals surface area contributed by atoms with Gasteiger partial charge in [0.05, 0.1) is 0 Å². The first-order valence-electron chi connectivity index (χ1n) is 6.31. The molecule has 1 N–H and O–H groups in total. The van der Waals surface area contributed by atoms with Crippen LogP contribution in [0.4, 0.5) is 0 Å². The second-order valence-corrected chi connectivity index (χ2v) is 5.39. The van der Waals surface area contributed by atoms with Gasteiger partial charge in [0, 0.05) is 25.6 Å². The third kappa shape index (κ3) is 2.70. The molecule has 2 rings (SSSR count). The van der Waals surface area contributed by atoms with E-state index in [4.69, 9.17) is 9.94 Å². The number of nitrogens with zero attached hydrogens (tertiary/aromatic N) is 3. The summed E-state index contributed by atoms with van der Waals surface area (Å²) in [6.07, 6.45) is -0.731. The van der Waals surface area contributed by atoms with E-state index in [1.165, 1.54) is 0 Å². The van der Waals surface area contributed by atoms with Crippen molar-refractivity contribution in [3.8, 4) is 0 Å². The number of rotatable bonds is 3. The molecule has 1 saturated heterocycles. The number of hydrogen-bond acceptors (Lipinski definition) is 5. The van der Waals surface area contributed by atoms with Crippen LogP contribution in [0.3, 0.4) is 0 Å². The van der Waals surface area contributed by atoms with Gasteiger partial charge < -0.3 is 19.7 Å². The zero-order valence-corrected chi connectivity index (χ0v) is 11.4. The number of carboxylic acid groups (broad SMARTS) is 1. The van der Waals surface area contributed by atoms with Gasteiger partial charge in [0.25, 0.3) is 5.91 Å². The Morgan fingerprint density at radius 3 is 2.58 bits per heavy atom. The summed E-state index contributed by atoms with van der Waals surface area (Å²) in [4.78, 5) is 31.8. The van der Waals surface area contributed by atoms with Gasteiger partial charge in [-0.2, -0.15) is 0 Å². The molecule has 0 bridgehead atoms. The molecule has 0 spiro atoms. The molecule has 2 aliphatic heterocycles. The van der Waals surface area contributed by atoms with Crippen molar-refractivity contribution in [2.75, 3.05) is 27.2 Å². The van der Waals surface area contributed by atoms with Gasteiger partial charge in [0.15, 0.2) is 5.71 Å². The topological polar surface area (TPSA) is 82.4 Å². The van der Waals surface area contributed by atoms with Crippen molar-refractivity contribution in [1.29, 1.82) is 0 Å². The molecule has 2 heterocycles. The summed E-state index contributed by atoms with van der Waals surface area (Å²) in [5, 5.41) is 12.2. The van der Waals surface area contributed by atoms with Crippen LogP contribution in [0.2, 0.25) is 0 Å². The zero-order chi connectivity index (χ0) is 14.2. The van der Waals surface area contributed by atoms with Gasteiger partial charge in [0.1, 0.15) is 0 Å². The van der Waals surface area contributed by atoms with Crippen LogP contribution in [-0.4, -0.2) is 71.8 Å². The molecule has 0 radical (unpaired) electrons. The van der Waals surface area contributed by atoms with Crippen molar-refractivity contribution in [3.05, 3.63) is 0 Å². The first-order chi connectivity index (χ1) is 8.90. The van der Waals surface area contributed by atoms with E-state index in [0.29, 0.717) is 25.0 Å². The maximum atomic E-state index is 12.2. The highest BCUT2D eigenvalue weighted by Crippen LogP contribution is 2.23. The van der Waals surface area contributed by atoms with Crippen LogP contribution in [0.25, 0.3) is 0 Å². The molecule has 7 nitrogen and oxygen atoms in total. The molecule has 0 aliphatic carbocycles. The molecule has 1 fully saturated rings. The highest BCUT2D eigenvalue weighted by Gasteiger charge is 2.40. The number of likely N-dealkylation sites (tertiary alicyclic amines) is 1. The number of amides is 1. The molecule has 3 atom stereocenters. The van der Waals surface area contributed by atoms with E-state index in [2.05, 4.69) is 17.0 Å². The molecule has 106 valence electrons. The standard InChI is InChI=1S/C12H19N3O4/c1-7-5-15(6-9(7)14(2)3)11(16)10-4-8(12(17)18)13-19-10/h7,9-10H,4-6H2,1-3H3,(H,17,18). The van der Waals surface area contributed by atoms with Gasteiger partial charge in [-0.15, -0.1) is 0 Å². The fourth-order valence-corrected chi connectivity index (χ4v) is 2.64. The van der Waals surface area contributed by atoms with Gasteiger partial charge in [-0.1, -0.05) is 12.1 Å². The summed E-state index contributed by atoms with van der Waals surface area (Å²) in [5.74, 6) is -0.910. The van der Waals surface area contributed by atoms with Crippen molar-refractivity contribution in [3.63, 3.8) is 0 Å². The Morgan fingerprint density at radius 1 is 1.42 bits per heavy atom. The summed E-state index contributed by atoms with van der Waals surface area (Å²) in [6.45, 7) is 3.42. The number of hydrogen-bond donors (Lipinski definition) is 1. The van der Waals surface area contributed by atoms with E-state index in [1.54, 1.807) is 4.90 Å². The van der Waals surface area contributed by atoms with Crippen LogP contribution < -0.4 is 0 Å². The number of carbonyl (C=O) groups is 2. The lowest BCUT2D eigenvalue weighted by Crippen LogP contribution is -2.40. The second-order valence-electron chi connectivity index (χ2n) is 5.39. The first kappa shape index (κ1) is 13.8. The molecule has 0 saturated carbocycles. The van der Waals surface area contributed by atoms with Crippen LogP contribution in [0.15, 0.2) is 5.16 Å². The van der Waals surface area contributed by atoms with E-state index in [0.717, 1.165) is 0 Å². The van der Waals surface area contributed by atoms with Gasteiger partial charge in [-0.05, 0) is 20.0 Å². The molecule has 1 amide bonds. The zero-order valence-electron chi connectivity index (χ0n) is 11.4. The Balaban J connectivity index is 1.94. The maximum Gasteiger partial charge on any atom is 0.353 e. The van der Waals surface area contributed by atoms with Crippen molar-refractivity contribution >= 4 is 17.6 Å². The maximum absolute atomic E-state index is 12.2.